The van der Waals surface area contributed by atoms with E-state index in [-0.39, 0.29) is 0 Å². The number of rotatable bonds is 1. The molecule has 0 saturated carbocycles. The third-order valence-electron chi connectivity index (χ3n) is 1.71. The summed E-state index contributed by atoms with van der Waals surface area (Å²) in [7, 11) is 0. The summed E-state index contributed by atoms with van der Waals surface area (Å²) >= 11 is 0. The van der Waals surface area contributed by atoms with Gasteiger partial charge in [-0.3, -0.25) is 0 Å². The Labute approximate surface area is 61.1 Å². The highest BCUT2D eigenvalue weighted by atomic mass is 16.5. The summed E-state index contributed by atoms with van der Waals surface area (Å²) in [5.41, 5.74) is 0. The van der Waals surface area contributed by atoms with E-state index in [1.54, 1.807) is 6.08 Å². The first kappa shape index (κ1) is 7.30. The molecule has 10 heavy (non-hydrogen) atoms. The van der Waals surface area contributed by atoms with Gasteiger partial charge in [0.1, 0.15) is 0 Å². The molecule has 54 valence electrons. The van der Waals surface area contributed by atoms with E-state index in [0.29, 0.717) is 5.92 Å². The van der Waals surface area contributed by atoms with E-state index in [1.807, 2.05) is 12.1 Å². The molecule has 1 saturated heterocycles. The summed E-state index contributed by atoms with van der Waals surface area (Å²) in [6.45, 7) is 1.70. The molecule has 0 aromatic heterocycles. The molecule has 0 aliphatic carbocycles. The van der Waals surface area contributed by atoms with Crippen LogP contribution in [0.4, 0.5) is 0 Å². The van der Waals surface area contributed by atoms with Gasteiger partial charge in [0, 0.05) is 19.3 Å². The molecule has 1 aliphatic rings. The Morgan fingerprint density at radius 1 is 1.40 bits per heavy atom. The molecule has 1 aliphatic heterocycles. The zero-order valence-corrected chi connectivity index (χ0v) is 5.92. The van der Waals surface area contributed by atoms with Crippen LogP contribution in [0.15, 0.2) is 12.2 Å². The van der Waals surface area contributed by atoms with Crippen molar-refractivity contribution in [3.05, 3.63) is 12.2 Å². The number of allylic oxidation sites excluding steroid dienone is 2. The van der Waals surface area contributed by atoms with E-state index in [1.165, 1.54) is 0 Å². The molecule has 2 heteroatoms. The molecular formula is C8H11NO. The zero-order chi connectivity index (χ0) is 7.23. The quantitative estimate of drug-likeness (QED) is 0.513. The average molecular weight is 137 g/mol. The number of nitrogens with zero attached hydrogens (tertiary/aromatic N) is 1. The Bertz CT molecular complexity index is 151. The molecule has 1 heterocycles. The van der Waals surface area contributed by atoms with Crippen LogP contribution in [-0.4, -0.2) is 13.2 Å². The predicted octanol–water partition coefficient (Wildman–Crippen LogP) is 1.49. The molecule has 1 fully saturated rings. The lowest BCUT2D eigenvalue weighted by Gasteiger charge is -2.17. The Kier molecular flexibility index (Phi) is 2.98. The van der Waals surface area contributed by atoms with E-state index in [0.717, 1.165) is 26.1 Å². The lowest BCUT2D eigenvalue weighted by molar-refractivity contribution is 0.0785. The van der Waals surface area contributed by atoms with Crippen molar-refractivity contribution < 1.29 is 4.74 Å². The zero-order valence-electron chi connectivity index (χ0n) is 5.92. The molecule has 0 N–H and O–H groups in total. The van der Waals surface area contributed by atoms with Gasteiger partial charge in [0.25, 0.3) is 0 Å². The molecule has 0 bridgehead atoms. The minimum atomic E-state index is 0.577. The molecule has 0 aromatic carbocycles. The van der Waals surface area contributed by atoms with Gasteiger partial charge in [0.2, 0.25) is 0 Å². The van der Waals surface area contributed by atoms with E-state index in [9.17, 15) is 0 Å². The maximum Gasteiger partial charge on any atom is 0.0908 e. The van der Waals surface area contributed by atoms with Gasteiger partial charge in [-0.1, -0.05) is 6.08 Å². The number of nitriles is 1. The standard InChI is InChI=1S/C8H11NO/c9-5-1-2-8-3-6-10-7-4-8/h1-2,8H,3-4,6-7H2/b2-1-. The topological polar surface area (TPSA) is 33.0 Å². The van der Waals surface area contributed by atoms with Gasteiger partial charge >= 0.3 is 0 Å². The van der Waals surface area contributed by atoms with Crippen LogP contribution >= 0.6 is 0 Å². The normalized spacial score (nSPS) is 21.1. The Morgan fingerprint density at radius 2 is 2.10 bits per heavy atom. The lowest BCUT2D eigenvalue weighted by atomic mass is 10.0. The Balaban J connectivity index is 2.27. The number of hydrogen-bond acceptors (Lipinski definition) is 2. The smallest absolute Gasteiger partial charge is 0.0908 e. The van der Waals surface area contributed by atoms with Crippen molar-refractivity contribution in [3.8, 4) is 6.07 Å². The van der Waals surface area contributed by atoms with Gasteiger partial charge in [-0.15, -0.1) is 0 Å². The molecular weight excluding hydrogens is 126 g/mol. The van der Waals surface area contributed by atoms with E-state index >= 15 is 0 Å². The van der Waals surface area contributed by atoms with Crippen LogP contribution in [0.25, 0.3) is 0 Å². The van der Waals surface area contributed by atoms with Crippen molar-refractivity contribution in [1.82, 2.24) is 0 Å². The summed E-state index contributed by atoms with van der Waals surface area (Å²) in [4.78, 5) is 0. The fraction of sp³-hybridized carbons (Fsp3) is 0.625. The minimum Gasteiger partial charge on any atom is -0.381 e. The second kappa shape index (κ2) is 4.08. The predicted molar refractivity (Wildman–Crippen MR) is 38.3 cm³/mol. The first-order valence-electron chi connectivity index (χ1n) is 3.57. The van der Waals surface area contributed by atoms with Crippen LogP contribution in [0.2, 0.25) is 0 Å². The summed E-state index contributed by atoms with van der Waals surface area (Å²) in [5, 5.41) is 8.23. The highest BCUT2D eigenvalue weighted by Crippen LogP contribution is 2.15. The summed E-state index contributed by atoms with van der Waals surface area (Å²) < 4.78 is 5.16. The maximum absolute atomic E-state index is 8.23. The van der Waals surface area contributed by atoms with Crippen molar-refractivity contribution in [1.29, 1.82) is 5.26 Å². The van der Waals surface area contributed by atoms with Gasteiger partial charge in [-0.25, -0.2) is 0 Å². The van der Waals surface area contributed by atoms with E-state index < -0.39 is 0 Å². The van der Waals surface area contributed by atoms with Crippen LogP contribution in [0, 0.1) is 17.2 Å². The van der Waals surface area contributed by atoms with E-state index in [4.69, 9.17) is 10.00 Å². The summed E-state index contributed by atoms with van der Waals surface area (Å²) in [6, 6.07) is 1.99. The van der Waals surface area contributed by atoms with Crippen molar-refractivity contribution in [3.63, 3.8) is 0 Å². The van der Waals surface area contributed by atoms with Gasteiger partial charge in [0.15, 0.2) is 0 Å². The fourth-order valence-corrected chi connectivity index (χ4v) is 1.09. The van der Waals surface area contributed by atoms with Crippen molar-refractivity contribution in [2.24, 2.45) is 5.92 Å². The molecule has 0 unspecified atom stereocenters. The minimum absolute atomic E-state index is 0.577. The van der Waals surface area contributed by atoms with Gasteiger partial charge in [-0.05, 0) is 18.8 Å². The first-order chi connectivity index (χ1) is 4.93. The Morgan fingerprint density at radius 3 is 2.70 bits per heavy atom. The molecule has 1 rings (SSSR count). The maximum atomic E-state index is 8.23. The Hall–Kier alpha value is -0.810. The fourth-order valence-electron chi connectivity index (χ4n) is 1.09. The van der Waals surface area contributed by atoms with Crippen molar-refractivity contribution in [2.45, 2.75) is 12.8 Å². The highest BCUT2D eigenvalue weighted by molar-refractivity contribution is 5.04. The first-order valence-corrected chi connectivity index (χ1v) is 3.57. The molecule has 0 aromatic rings. The average Bonchev–Trinajstić information content (AvgIpc) is 2.03. The van der Waals surface area contributed by atoms with Crippen molar-refractivity contribution in [2.75, 3.05) is 13.2 Å². The summed E-state index contributed by atoms with van der Waals surface area (Å²) in [5.74, 6) is 0.577. The van der Waals surface area contributed by atoms with Crippen LogP contribution in [0.5, 0.6) is 0 Å². The molecule has 0 spiro atoms. The number of hydrogen-bond donors (Lipinski definition) is 0. The second-order valence-corrected chi connectivity index (χ2v) is 2.44. The number of ether oxygens (including phenoxy) is 1. The molecule has 0 radical (unpaired) electrons. The monoisotopic (exact) mass is 137 g/mol. The largest absolute Gasteiger partial charge is 0.381 e. The summed E-state index contributed by atoms with van der Waals surface area (Å²) in [6.07, 6.45) is 5.68. The van der Waals surface area contributed by atoms with Crippen LogP contribution in [0.1, 0.15) is 12.8 Å². The van der Waals surface area contributed by atoms with Crippen LogP contribution < -0.4 is 0 Å². The van der Waals surface area contributed by atoms with Gasteiger partial charge in [-0.2, -0.15) is 5.26 Å². The molecule has 2 nitrogen and oxygen atoms in total. The molecule has 0 amide bonds. The third kappa shape index (κ3) is 2.20. The second-order valence-electron chi connectivity index (χ2n) is 2.44. The van der Waals surface area contributed by atoms with Crippen molar-refractivity contribution >= 4 is 0 Å². The van der Waals surface area contributed by atoms with Crippen LogP contribution in [-0.2, 0) is 4.74 Å². The van der Waals surface area contributed by atoms with E-state index in [2.05, 4.69) is 0 Å². The van der Waals surface area contributed by atoms with Gasteiger partial charge in [0.05, 0.1) is 6.07 Å². The van der Waals surface area contributed by atoms with Crippen LogP contribution in [0.3, 0.4) is 0 Å². The lowest BCUT2D eigenvalue weighted by Crippen LogP contribution is -2.13. The molecule has 0 atom stereocenters. The van der Waals surface area contributed by atoms with Gasteiger partial charge < -0.3 is 4.74 Å². The highest BCUT2D eigenvalue weighted by Gasteiger charge is 2.09. The third-order valence-corrected chi connectivity index (χ3v) is 1.71. The SMILES string of the molecule is N#C/C=C\C1CCOCC1.